The van der Waals surface area contributed by atoms with E-state index in [4.69, 9.17) is 5.11 Å². The Bertz CT molecular complexity index is 1240. The normalized spacial score (nSPS) is 14.6. The van der Waals surface area contributed by atoms with Crippen molar-refractivity contribution in [3.63, 3.8) is 0 Å². The number of likely N-dealkylation sites (N-methyl/N-ethyl adjacent to an activating group) is 1. The molecule has 0 spiro atoms. The minimum atomic E-state index is -1.05. The summed E-state index contributed by atoms with van der Waals surface area (Å²) in [6.45, 7) is 4.21. The van der Waals surface area contributed by atoms with E-state index in [-0.39, 0.29) is 5.69 Å². The Labute approximate surface area is 185 Å². The number of pyridine rings is 1. The standard InChI is InChI=1S/C23H23N7O2/c1-28-10-12-29(13-11-28)18-5-3-17(4-6-18)27-21-22-24-8-9-30(22)20(15-26-21)16-2-7-19(23(31)32)25-14-16/h2-9,14-15H,10-13H2,1H3,(H,26,27)(H,31,32). The maximum atomic E-state index is 11.1. The van der Waals surface area contributed by atoms with Crippen molar-refractivity contribution < 1.29 is 9.90 Å². The molecule has 0 radical (unpaired) electrons. The number of nitrogens with zero attached hydrogens (tertiary/aromatic N) is 6. The van der Waals surface area contributed by atoms with Gasteiger partial charge in [0.15, 0.2) is 11.5 Å². The summed E-state index contributed by atoms with van der Waals surface area (Å²) in [6, 6.07) is 11.6. The summed E-state index contributed by atoms with van der Waals surface area (Å²) >= 11 is 0. The van der Waals surface area contributed by atoms with Gasteiger partial charge in [0.1, 0.15) is 5.69 Å². The Morgan fingerprint density at radius 1 is 0.969 bits per heavy atom. The van der Waals surface area contributed by atoms with E-state index in [1.54, 1.807) is 18.5 Å². The van der Waals surface area contributed by atoms with Gasteiger partial charge in [-0.15, -0.1) is 0 Å². The van der Waals surface area contributed by atoms with Crippen LogP contribution < -0.4 is 10.2 Å². The lowest BCUT2D eigenvalue weighted by Crippen LogP contribution is -2.44. The highest BCUT2D eigenvalue weighted by molar-refractivity contribution is 5.85. The number of aromatic nitrogens is 4. The number of carboxylic acids is 1. The second kappa shape index (κ2) is 8.27. The van der Waals surface area contributed by atoms with Gasteiger partial charge in [-0.1, -0.05) is 0 Å². The first-order valence-electron chi connectivity index (χ1n) is 10.4. The number of aromatic carboxylic acids is 1. The number of rotatable bonds is 5. The molecule has 1 saturated heterocycles. The van der Waals surface area contributed by atoms with E-state index in [2.05, 4.69) is 61.4 Å². The number of hydrogen-bond acceptors (Lipinski definition) is 7. The van der Waals surface area contributed by atoms with Crippen LogP contribution in [0.1, 0.15) is 10.5 Å². The van der Waals surface area contributed by atoms with Gasteiger partial charge in [0.25, 0.3) is 0 Å². The molecule has 0 atom stereocenters. The summed E-state index contributed by atoms with van der Waals surface area (Å²) in [5, 5.41) is 12.4. The maximum absolute atomic E-state index is 11.1. The highest BCUT2D eigenvalue weighted by atomic mass is 16.4. The second-order valence-corrected chi connectivity index (χ2v) is 7.81. The van der Waals surface area contributed by atoms with Crippen LogP contribution in [0.15, 0.2) is 61.2 Å². The fraction of sp³-hybridized carbons (Fsp3) is 0.217. The molecule has 1 aromatic carbocycles. The first-order chi connectivity index (χ1) is 15.6. The van der Waals surface area contributed by atoms with Gasteiger partial charge in [0.05, 0.1) is 11.9 Å². The second-order valence-electron chi connectivity index (χ2n) is 7.81. The molecule has 4 heterocycles. The number of carboxylic acid groups (broad SMARTS) is 1. The van der Waals surface area contributed by atoms with Crippen molar-refractivity contribution in [2.75, 3.05) is 43.4 Å². The number of hydrogen-bond donors (Lipinski definition) is 2. The molecular formula is C23H23N7O2. The van der Waals surface area contributed by atoms with E-state index in [9.17, 15) is 4.79 Å². The van der Waals surface area contributed by atoms with E-state index in [1.165, 1.54) is 18.0 Å². The molecule has 0 amide bonds. The number of piperazine rings is 1. The number of benzene rings is 1. The number of carbonyl (C=O) groups is 1. The van der Waals surface area contributed by atoms with Gasteiger partial charge in [-0.05, 0) is 43.4 Å². The highest BCUT2D eigenvalue weighted by Crippen LogP contribution is 2.26. The third-order valence-electron chi connectivity index (χ3n) is 5.70. The van der Waals surface area contributed by atoms with Crippen molar-refractivity contribution in [3.05, 3.63) is 66.9 Å². The fourth-order valence-electron chi connectivity index (χ4n) is 3.85. The number of anilines is 3. The smallest absolute Gasteiger partial charge is 0.354 e. The Balaban J connectivity index is 1.38. The summed E-state index contributed by atoms with van der Waals surface area (Å²) < 4.78 is 1.91. The Hall–Kier alpha value is -3.98. The molecule has 5 rings (SSSR count). The molecule has 162 valence electrons. The third kappa shape index (κ3) is 3.85. The highest BCUT2D eigenvalue weighted by Gasteiger charge is 2.15. The van der Waals surface area contributed by atoms with Crippen LogP contribution in [0.25, 0.3) is 16.9 Å². The van der Waals surface area contributed by atoms with Crippen LogP contribution >= 0.6 is 0 Å². The van der Waals surface area contributed by atoms with Crippen molar-refractivity contribution in [2.45, 2.75) is 0 Å². The van der Waals surface area contributed by atoms with Crippen molar-refractivity contribution >= 4 is 28.8 Å². The van der Waals surface area contributed by atoms with Crippen LogP contribution in [0.5, 0.6) is 0 Å². The van der Waals surface area contributed by atoms with Gasteiger partial charge in [-0.3, -0.25) is 4.40 Å². The van der Waals surface area contributed by atoms with Crippen molar-refractivity contribution in [3.8, 4) is 11.3 Å². The van der Waals surface area contributed by atoms with Gasteiger partial charge < -0.3 is 20.2 Å². The average Bonchev–Trinajstić information content (AvgIpc) is 3.31. The largest absolute Gasteiger partial charge is 0.477 e. The number of fused-ring (bicyclic) bond motifs is 1. The zero-order chi connectivity index (χ0) is 22.1. The molecule has 32 heavy (non-hydrogen) atoms. The predicted molar refractivity (Wildman–Crippen MR) is 123 cm³/mol. The van der Waals surface area contributed by atoms with Crippen LogP contribution in [0.4, 0.5) is 17.2 Å². The first kappa shape index (κ1) is 20.0. The van der Waals surface area contributed by atoms with Gasteiger partial charge in [-0.25, -0.2) is 19.7 Å². The Morgan fingerprint density at radius 3 is 2.44 bits per heavy atom. The molecule has 0 saturated carbocycles. The number of imidazole rings is 1. The zero-order valence-electron chi connectivity index (χ0n) is 17.6. The SMILES string of the molecule is CN1CCN(c2ccc(Nc3ncc(-c4ccc(C(=O)O)nc4)n4ccnc34)cc2)CC1. The molecule has 3 aromatic heterocycles. The van der Waals surface area contributed by atoms with E-state index >= 15 is 0 Å². The first-order valence-corrected chi connectivity index (χ1v) is 10.4. The predicted octanol–water partition coefficient (Wildman–Crippen LogP) is 2.98. The maximum Gasteiger partial charge on any atom is 0.354 e. The average molecular weight is 429 g/mol. The monoisotopic (exact) mass is 429 g/mol. The molecule has 9 heteroatoms. The van der Waals surface area contributed by atoms with E-state index < -0.39 is 5.97 Å². The lowest BCUT2D eigenvalue weighted by Gasteiger charge is -2.34. The Kier molecular flexibility index (Phi) is 5.16. The van der Waals surface area contributed by atoms with Crippen molar-refractivity contribution in [1.82, 2.24) is 24.3 Å². The van der Waals surface area contributed by atoms with Crippen LogP contribution in [0.3, 0.4) is 0 Å². The Morgan fingerprint density at radius 2 is 1.75 bits per heavy atom. The molecule has 1 aliphatic rings. The van der Waals surface area contributed by atoms with Crippen molar-refractivity contribution in [2.24, 2.45) is 0 Å². The molecule has 1 aliphatic heterocycles. The molecule has 2 N–H and O–H groups in total. The molecule has 9 nitrogen and oxygen atoms in total. The summed E-state index contributed by atoms with van der Waals surface area (Å²) in [7, 11) is 2.15. The lowest BCUT2D eigenvalue weighted by atomic mass is 10.2. The zero-order valence-corrected chi connectivity index (χ0v) is 17.6. The molecule has 4 aromatic rings. The quantitative estimate of drug-likeness (QED) is 0.500. The summed E-state index contributed by atoms with van der Waals surface area (Å²) in [5.41, 5.74) is 4.36. The summed E-state index contributed by atoms with van der Waals surface area (Å²) in [6.07, 6.45) is 6.82. The van der Waals surface area contributed by atoms with Crippen LogP contribution in [-0.4, -0.2) is 68.6 Å². The van der Waals surface area contributed by atoms with Crippen LogP contribution in [0, 0.1) is 0 Å². The molecular weight excluding hydrogens is 406 g/mol. The lowest BCUT2D eigenvalue weighted by molar-refractivity contribution is 0.0690. The molecule has 0 bridgehead atoms. The molecule has 0 aliphatic carbocycles. The van der Waals surface area contributed by atoms with Gasteiger partial charge >= 0.3 is 5.97 Å². The summed E-state index contributed by atoms with van der Waals surface area (Å²) in [5.74, 6) is -0.415. The van der Waals surface area contributed by atoms with Gasteiger partial charge in [-0.2, -0.15) is 0 Å². The topological polar surface area (TPSA) is 98.9 Å². The third-order valence-corrected chi connectivity index (χ3v) is 5.70. The molecule has 0 unspecified atom stereocenters. The van der Waals surface area contributed by atoms with E-state index in [0.717, 1.165) is 43.1 Å². The molecule has 1 fully saturated rings. The van der Waals surface area contributed by atoms with Crippen molar-refractivity contribution in [1.29, 1.82) is 0 Å². The van der Waals surface area contributed by atoms with Crippen LogP contribution in [0.2, 0.25) is 0 Å². The van der Waals surface area contributed by atoms with E-state index in [0.29, 0.717) is 11.5 Å². The van der Waals surface area contributed by atoms with Crippen LogP contribution in [-0.2, 0) is 0 Å². The summed E-state index contributed by atoms with van der Waals surface area (Å²) in [4.78, 5) is 28.8. The van der Waals surface area contributed by atoms with Gasteiger partial charge in [0.2, 0.25) is 0 Å². The minimum absolute atomic E-state index is 0.00175. The van der Waals surface area contributed by atoms with Gasteiger partial charge in [0, 0.05) is 61.7 Å². The fourth-order valence-corrected chi connectivity index (χ4v) is 3.85. The van der Waals surface area contributed by atoms with E-state index in [1.807, 2.05) is 10.6 Å². The number of nitrogens with one attached hydrogen (secondary N) is 1. The minimum Gasteiger partial charge on any atom is -0.477 e.